The molecule has 0 N–H and O–H groups in total. The molecule has 0 bridgehead atoms. The predicted molar refractivity (Wildman–Crippen MR) is 242 cm³/mol. The third-order valence-electron chi connectivity index (χ3n) is 11.8. The van der Waals surface area contributed by atoms with Crippen LogP contribution in [0.15, 0.2) is 200 Å². The maximum atomic E-state index is 2.45. The molecule has 0 aliphatic carbocycles. The highest BCUT2D eigenvalue weighted by Crippen LogP contribution is 2.45. The first-order chi connectivity index (χ1) is 27.8. The smallest absolute Gasteiger partial charge is 0.0640 e. The lowest BCUT2D eigenvalue weighted by Crippen LogP contribution is -1.93. The maximum absolute atomic E-state index is 2.45. The topological polar surface area (TPSA) is 4.93 Å². The van der Waals surface area contributed by atoms with E-state index in [9.17, 15) is 0 Å². The van der Waals surface area contributed by atoms with E-state index in [0.29, 0.717) is 0 Å². The van der Waals surface area contributed by atoms with E-state index in [1.54, 1.807) is 0 Å². The summed E-state index contributed by atoms with van der Waals surface area (Å²) < 4.78 is 5.08. The third kappa shape index (κ3) is 4.67. The van der Waals surface area contributed by atoms with Gasteiger partial charge in [0.05, 0.1) is 21.4 Å². The van der Waals surface area contributed by atoms with Gasteiger partial charge in [-0.1, -0.05) is 164 Å². The Bertz CT molecular complexity index is 3460. The van der Waals surface area contributed by atoms with Gasteiger partial charge in [-0.2, -0.15) is 0 Å². The van der Waals surface area contributed by atoms with Crippen molar-refractivity contribution in [2.45, 2.75) is 0 Å². The molecule has 10 aromatic carbocycles. The third-order valence-corrected chi connectivity index (χ3v) is 13.0. The summed E-state index contributed by atoms with van der Waals surface area (Å²) in [6, 6.07) is 73.8. The standard InChI is InChI=1S/C54H33NS/c1-2-19-42-40(17-1)41-18-3-4-20-43(41)49-33-37(29-30-44(42)49)35-14-9-13-34(31-35)36-15-10-16-38(32-36)39-23-11-24-47-48-25-12-28-52(54(48)56-53(39)47)55-50-26-7-5-21-45(50)46-22-6-8-27-51(46)55/h1-33H. The van der Waals surface area contributed by atoms with Crippen LogP contribution in [0.5, 0.6) is 0 Å². The van der Waals surface area contributed by atoms with Crippen LogP contribution in [0, 0.1) is 0 Å². The summed E-state index contributed by atoms with van der Waals surface area (Å²) >= 11 is 1.91. The number of para-hydroxylation sites is 2. The molecule has 0 saturated heterocycles. The van der Waals surface area contributed by atoms with Crippen LogP contribution in [0.1, 0.15) is 0 Å². The molecular weight excluding hydrogens is 695 g/mol. The Morgan fingerprint density at radius 1 is 0.268 bits per heavy atom. The lowest BCUT2D eigenvalue weighted by molar-refractivity contribution is 1.20. The van der Waals surface area contributed by atoms with Gasteiger partial charge in [0.2, 0.25) is 0 Å². The summed E-state index contributed by atoms with van der Waals surface area (Å²) in [5.41, 5.74) is 11.1. The Kier molecular flexibility index (Phi) is 6.87. The van der Waals surface area contributed by atoms with Crippen LogP contribution in [0.3, 0.4) is 0 Å². The number of nitrogens with zero attached hydrogens (tertiary/aromatic N) is 1. The van der Waals surface area contributed by atoms with E-state index < -0.39 is 0 Å². The molecule has 12 aromatic rings. The summed E-state index contributed by atoms with van der Waals surface area (Å²) in [7, 11) is 0. The molecule has 0 aliphatic rings. The molecular formula is C54H33NS. The normalized spacial score (nSPS) is 11.9. The van der Waals surface area contributed by atoms with Crippen molar-refractivity contribution >= 4 is 85.6 Å². The van der Waals surface area contributed by atoms with E-state index in [1.807, 2.05) is 11.3 Å². The fraction of sp³-hybridized carbons (Fsp3) is 0. The largest absolute Gasteiger partial charge is 0.308 e. The van der Waals surface area contributed by atoms with Crippen LogP contribution in [0.25, 0.3) is 113 Å². The van der Waals surface area contributed by atoms with Gasteiger partial charge in [-0.25, -0.2) is 0 Å². The van der Waals surface area contributed by atoms with Crippen molar-refractivity contribution in [3.8, 4) is 39.1 Å². The molecule has 2 aromatic heterocycles. The van der Waals surface area contributed by atoms with E-state index in [-0.39, 0.29) is 0 Å². The number of hydrogen-bond acceptors (Lipinski definition) is 1. The van der Waals surface area contributed by atoms with Gasteiger partial charge in [-0.3, -0.25) is 0 Å². The monoisotopic (exact) mass is 727 g/mol. The number of rotatable bonds is 4. The zero-order valence-corrected chi connectivity index (χ0v) is 31.2. The van der Waals surface area contributed by atoms with E-state index in [1.165, 1.54) is 113 Å². The van der Waals surface area contributed by atoms with Crippen LogP contribution in [-0.2, 0) is 0 Å². The number of hydrogen-bond donors (Lipinski definition) is 0. The van der Waals surface area contributed by atoms with E-state index in [4.69, 9.17) is 0 Å². The summed E-state index contributed by atoms with van der Waals surface area (Å²) in [6.07, 6.45) is 0. The Hall–Kier alpha value is -7.00. The molecule has 2 heteroatoms. The second-order valence-electron chi connectivity index (χ2n) is 14.8. The van der Waals surface area contributed by atoms with Crippen LogP contribution in [-0.4, -0.2) is 4.57 Å². The minimum Gasteiger partial charge on any atom is -0.308 e. The highest BCUT2D eigenvalue weighted by atomic mass is 32.1. The molecule has 0 unspecified atom stereocenters. The van der Waals surface area contributed by atoms with Crippen LogP contribution in [0.2, 0.25) is 0 Å². The fourth-order valence-electron chi connectivity index (χ4n) is 9.22. The molecule has 0 aliphatic heterocycles. The average Bonchev–Trinajstić information content (AvgIpc) is 3.83. The Balaban J connectivity index is 0.976. The lowest BCUT2D eigenvalue weighted by Gasteiger charge is -2.13. The molecule has 0 fully saturated rings. The molecule has 1 nitrogen and oxygen atoms in total. The van der Waals surface area contributed by atoms with Gasteiger partial charge in [0.25, 0.3) is 0 Å². The van der Waals surface area contributed by atoms with Crippen molar-refractivity contribution in [3.05, 3.63) is 200 Å². The van der Waals surface area contributed by atoms with Gasteiger partial charge in [-0.15, -0.1) is 11.3 Å². The fourth-order valence-corrected chi connectivity index (χ4v) is 10.6. The minimum atomic E-state index is 1.21. The Morgan fingerprint density at radius 2 is 0.696 bits per heavy atom. The molecule has 260 valence electrons. The SMILES string of the molecule is c1cc(-c2cccc(-c3cccc4c3sc3c(-n5c6ccccc6c6ccccc65)cccc34)c2)cc(-c2ccc3c4ccccc4c4ccccc4c3c2)c1. The summed E-state index contributed by atoms with van der Waals surface area (Å²) in [6.45, 7) is 0. The first-order valence-electron chi connectivity index (χ1n) is 19.3. The first-order valence-corrected chi connectivity index (χ1v) is 20.1. The van der Waals surface area contributed by atoms with Crippen LogP contribution in [0.4, 0.5) is 0 Å². The van der Waals surface area contributed by atoms with Crippen molar-refractivity contribution in [1.29, 1.82) is 0 Å². The van der Waals surface area contributed by atoms with E-state index >= 15 is 0 Å². The van der Waals surface area contributed by atoms with Crippen molar-refractivity contribution in [2.24, 2.45) is 0 Å². The number of thiophene rings is 1. The summed E-state index contributed by atoms with van der Waals surface area (Å²) in [5.74, 6) is 0. The molecule has 12 rings (SSSR count). The van der Waals surface area contributed by atoms with Crippen molar-refractivity contribution < 1.29 is 0 Å². The van der Waals surface area contributed by atoms with Gasteiger partial charge < -0.3 is 4.57 Å². The molecule has 2 heterocycles. The quantitative estimate of drug-likeness (QED) is 0.159. The highest BCUT2D eigenvalue weighted by molar-refractivity contribution is 7.26. The van der Waals surface area contributed by atoms with E-state index in [0.717, 1.165) is 0 Å². The molecule has 0 spiro atoms. The van der Waals surface area contributed by atoms with Gasteiger partial charge in [-0.05, 0) is 102 Å². The number of benzene rings is 10. The second-order valence-corrected chi connectivity index (χ2v) is 15.8. The molecule has 0 amide bonds. The van der Waals surface area contributed by atoms with Crippen molar-refractivity contribution in [2.75, 3.05) is 0 Å². The van der Waals surface area contributed by atoms with Crippen LogP contribution < -0.4 is 0 Å². The lowest BCUT2D eigenvalue weighted by atomic mass is 9.91. The summed E-state index contributed by atoms with van der Waals surface area (Å²) in [5, 5.41) is 13.0. The first kappa shape index (κ1) is 31.4. The van der Waals surface area contributed by atoms with Gasteiger partial charge in [0.1, 0.15) is 0 Å². The Labute approximate surface area is 327 Å². The molecule has 0 atom stereocenters. The minimum absolute atomic E-state index is 1.21. The number of fused-ring (bicyclic) bond motifs is 12. The average molecular weight is 728 g/mol. The second kappa shape index (κ2) is 12.3. The van der Waals surface area contributed by atoms with Crippen molar-refractivity contribution in [3.63, 3.8) is 0 Å². The zero-order valence-electron chi connectivity index (χ0n) is 30.4. The number of aromatic nitrogens is 1. The molecule has 56 heavy (non-hydrogen) atoms. The summed E-state index contributed by atoms with van der Waals surface area (Å²) in [4.78, 5) is 0. The van der Waals surface area contributed by atoms with Crippen LogP contribution >= 0.6 is 11.3 Å². The zero-order chi connectivity index (χ0) is 36.7. The highest BCUT2D eigenvalue weighted by Gasteiger charge is 2.18. The van der Waals surface area contributed by atoms with E-state index in [2.05, 4.69) is 205 Å². The van der Waals surface area contributed by atoms with Gasteiger partial charge in [0.15, 0.2) is 0 Å². The predicted octanol–water partition coefficient (Wildman–Crippen LogP) is 15.6. The Morgan fingerprint density at radius 3 is 1.32 bits per heavy atom. The molecule has 0 radical (unpaired) electrons. The maximum Gasteiger partial charge on any atom is 0.0640 e. The van der Waals surface area contributed by atoms with Gasteiger partial charge >= 0.3 is 0 Å². The molecule has 0 saturated carbocycles. The van der Waals surface area contributed by atoms with Gasteiger partial charge in [0, 0.05) is 26.2 Å². The van der Waals surface area contributed by atoms with Crippen molar-refractivity contribution in [1.82, 2.24) is 4.57 Å².